The van der Waals surface area contributed by atoms with Crippen molar-refractivity contribution in [1.82, 2.24) is 10.5 Å². The Morgan fingerprint density at radius 1 is 1.15 bits per heavy atom. The van der Waals surface area contributed by atoms with E-state index in [1.807, 2.05) is 69.3 Å². The van der Waals surface area contributed by atoms with Gasteiger partial charge in [-0.3, -0.25) is 4.79 Å². The van der Waals surface area contributed by atoms with E-state index in [1.165, 1.54) is 0 Å². The standard InChI is InChI=1S/C21H22N2O3/c1-14(2)25-19-7-5-4-6-17(19)13-22-21(24)20-12-18(23-26-20)16-10-8-15(3)9-11-16/h4-12,14H,13H2,1-3H3,(H,22,24). The molecule has 1 amide bonds. The highest BCUT2D eigenvalue weighted by Crippen LogP contribution is 2.21. The van der Waals surface area contributed by atoms with E-state index in [4.69, 9.17) is 9.26 Å². The van der Waals surface area contributed by atoms with Crippen molar-refractivity contribution in [2.24, 2.45) is 0 Å². The lowest BCUT2D eigenvalue weighted by Crippen LogP contribution is -2.23. The highest BCUT2D eigenvalue weighted by molar-refractivity contribution is 5.92. The van der Waals surface area contributed by atoms with Crippen LogP contribution in [0, 0.1) is 6.92 Å². The summed E-state index contributed by atoms with van der Waals surface area (Å²) in [4.78, 5) is 12.4. The smallest absolute Gasteiger partial charge is 0.290 e. The van der Waals surface area contributed by atoms with Crippen molar-refractivity contribution in [3.8, 4) is 17.0 Å². The molecular formula is C21H22N2O3. The van der Waals surface area contributed by atoms with Crippen LogP contribution in [0.4, 0.5) is 0 Å². The Balaban J connectivity index is 1.67. The quantitative estimate of drug-likeness (QED) is 0.717. The minimum Gasteiger partial charge on any atom is -0.491 e. The molecule has 0 unspecified atom stereocenters. The van der Waals surface area contributed by atoms with Gasteiger partial charge in [0.2, 0.25) is 5.76 Å². The van der Waals surface area contributed by atoms with Gasteiger partial charge in [0, 0.05) is 23.7 Å². The number of hydrogen-bond donors (Lipinski definition) is 1. The van der Waals surface area contributed by atoms with Crippen molar-refractivity contribution < 1.29 is 14.1 Å². The van der Waals surface area contributed by atoms with Gasteiger partial charge in [0.25, 0.3) is 5.91 Å². The first kappa shape index (κ1) is 17.7. The molecule has 0 bridgehead atoms. The summed E-state index contributed by atoms with van der Waals surface area (Å²) in [5, 5.41) is 6.84. The van der Waals surface area contributed by atoms with Gasteiger partial charge in [0.15, 0.2) is 0 Å². The van der Waals surface area contributed by atoms with Gasteiger partial charge in [-0.1, -0.05) is 53.2 Å². The SMILES string of the molecule is Cc1ccc(-c2cc(C(=O)NCc3ccccc3OC(C)C)on2)cc1. The van der Waals surface area contributed by atoms with Gasteiger partial charge >= 0.3 is 0 Å². The summed E-state index contributed by atoms with van der Waals surface area (Å²) in [6, 6.07) is 17.2. The van der Waals surface area contributed by atoms with E-state index >= 15 is 0 Å². The molecule has 3 aromatic rings. The molecule has 5 heteroatoms. The second kappa shape index (κ2) is 7.87. The van der Waals surface area contributed by atoms with Crippen LogP contribution in [-0.4, -0.2) is 17.2 Å². The summed E-state index contributed by atoms with van der Waals surface area (Å²) < 4.78 is 11.0. The van der Waals surface area contributed by atoms with Crippen LogP contribution in [0.5, 0.6) is 5.75 Å². The van der Waals surface area contributed by atoms with E-state index in [2.05, 4.69) is 10.5 Å². The van der Waals surface area contributed by atoms with Gasteiger partial charge in [-0.2, -0.15) is 0 Å². The molecule has 0 atom stereocenters. The summed E-state index contributed by atoms with van der Waals surface area (Å²) in [5.74, 6) is 0.638. The summed E-state index contributed by atoms with van der Waals surface area (Å²) in [5.41, 5.74) is 3.62. The lowest BCUT2D eigenvalue weighted by Gasteiger charge is -2.14. The van der Waals surface area contributed by atoms with Crippen LogP contribution in [0.2, 0.25) is 0 Å². The molecule has 0 radical (unpaired) electrons. The van der Waals surface area contributed by atoms with E-state index in [0.717, 1.165) is 22.4 Å². The predicted molar refractivity (Wildman–Crippen MR) is 100 cm³/mol. The summed E-state index contributed by atoms with van der Waals surface area (Å²) in [7, 11) is 0. The summed E-state index contributed by atoms with van der Waals surface area (Å²) >= 11 is 0. The number of hydrogen-bond acceptors (Lipinski definition) is 4. The molecular weight excluding hydrogens is 328 g/mol. The van der Waals surface area contributed by atoms with Crippen LogP contribution in [0.25, 0.3) is 11.3 Å². The Hall–Kier alpha value is -3.08. The Morgan fingerprint density at radius 3 is 2.62 bits per heavy atom. The fraction of sp³-hybridized carbons (Fsp3) is 0.238. The van der Waals surface area contributed by atoms with E-state index in [9.17, 15) is 4.79 Å². The van der Waals surface area contributed by atoms with Crippen LogP contribution in [0.3, 0.4) is 0 Å². The highest BCUT2D eigenvalue weighted by atomic mass is 16.5. The number of carbonyl (C=O) groups is 1. The lowest BCUT2D eigenvalue weighted by molar-refractivity contribution is 0.0913. The topological polar surface area (TPSA) is 64.4 Å². The third kappa shape index (κ3) is 4.30. The monoisotopic (exact) mass is 350 g/mol. The van der Waals surface area contributed by atoms with Gasteiger partial charge in [0.05, 0.1) is 6.10 Å². The number of para-hydroxylation sites is 1. The molecule has 3 rings (SSSR count). The Morgan fingerprint density at radius 2 is 1.88 bits per heavy atom. The van der Waals surface area contributed by atoms with E-state index in [-0.39, 0.29) is 17.8 Å². The Labute approximate surface area is 153 Å². The minimum absolute atomic E-state index is 0.0678. The fourth-order valence-corrected chi connectivity index (χ4v) is 2.52. The lowest BCUT2D eigenvalue weighted by atomic mass is 10.1. The second-order valence-corrected chi connectivity index (χ2v) is 6.40. The van der Waals surface area contributed by atoms with Crippen LogP contribution in [-0.2, 0) is 6.54 Å². The number of nitrogens with zero attached hydrogens (tertiary/aromatic N) is 1. The van der Waals surface area contributed by atoms with Gasteiger partial charge < -0.3 is 14.6 Å². The first-order valence-corrected chi connectivity index (χ1v) is 8.59. The number of benzene rings is 2. The number of amides is 1. The van der Waals surface area contributed by atoms with Gasteiger partial charge in [-0.15, -0.1) is 0 Å². The van der Waals surface area contributed by atoms with Crippen molar-refractivity contribution >= 4 is 5.91 Å². The van der Waals surface area contributed by atoms with Crippen LogP contribution in [0.15, 0.2) is 59.1 Å². The Bertz CT molecular complexity index is 882. The third-order valence-electron chi connectivity index (χ3n) is 3.86. The van der Waals surface area contributed by atoms with E-state index in [1.54, 1.807) is 6.07 Å². The molecule has 0 spiro atoms. The molecule has 0 aliphatic rings. The maximum Gasteiger partial charge on any atom is 0.290 e. The molecule has 1 heterocycles. The molecule has 0 aliphatic carbocycles. The number of carbonyl (C=O) groups excluding carboxylic acids is 1. The average molecular weight is 350 g/mol. The van der Waals surface area contributed by atoms with E-state index < -0.39 is 0 Å². The zero-order valence-electron chi connectivity index (χ0n) is 15.2. The fourth-order valence-electron chi connectivity index (χ4n) is 2.52. The predicted octanol–water partition coefficient (Wildman–Crippen LogP) is 4.37. The van der Waals surface area contributed by atoms with Crippen molar-refractivity contribution in [3.05, 3.63) is 71.5 Å². The maximum absolute atomic E-state index is 12.4. The molecule has 2 aromatic carbocycles. The number of nitrogens with one attached hydrogen (secondary N) is 1. The zero-order valence-corrected chi connectivity index (χ0v) is 15.2. The second-order valence-electron chi connectivity index (χ2n) is 6.40. The molecule has 0 fully saturated rings. The first-order valence-electron chi connectivity index (χ1n) is 8.59. The molecule has 134 valence electrons. The summed E-state index contributed by atoms with van der Waals surface area (Å²) in [6.45, 7) is 6.31. The highest BCUT2D eigenvalue weighted by Gasteiger charge is 2.15. The van der Waals surface area contributed by atoms with E-state index in [0.29, 0.717) is 12.2 Å². The summed E-state index contributed by atoms with van der Waals surface area (Å²) in [6.07, 6.45) is 0.0678. The molecule has 0 aliphatic heterocycles. The molecule has 1 N–H and O–H groups in total. The number of ether oxygens (including phenoxy) is 1. The van der Waals surface area contributed by atoms with Crippen LogP contribution in [0.1, 0.15) is 35.5 Å². The van der Waals surface area contributed by atoms with Crippen molar-refractivity contribution in [2.75, 3.05) is 0 Å². The first-order chi connectivity index (χ1) is 12.5. The van der Waals surface area contributed by atoms with Crippen molar-refractivity contribution in [2.45, 2.75) is 33.4 Å². The normalized spacial score (nSPS) is 10.8. The molecule has 0 saturated carbocycles. The van der Waals surface area contributed by atoms with Crippen LogP contribution < -0.4 is 10.1 Å². The molecule has 26 heavy (non-hydrogen) atoms. The maximum atomic E-state index is 12.4. The third-order valence-corrected chi connectivity index (χ3v) is 3.86. The van der Waals surface area contributed by atoms with Gasteiger partial charge in [-0.05, 0) is 26.8 Å². The minimum atomic E-state index is -0.310. The molecule has 5 nitrogen and oxygen atoms in total. The van der Waals surface area contributed by atoms with Crippen molar-refractivity contribution in [3.63, 3.8) is 0 Å². The van der Waals surface area contributed by atoms with Gasteiger partial charge in [-0.25, -0.2) is 0 Å². The van der Waals surface area contributed by atoms with Crippen molar-refractivity contribution in [1.29, 1.82) is 0 Å². The average Bonchev–Trinajstić information content (AvgIpc) is 3.11. The number of rotatable bonds is 6. The largest absolute Gasteiger partial charge is 0.491 e. The molecule has 1 aromatic heterocycles. The Kier molecular flexibility index (Phi) is 5.37. The van der Waals surface area contributed by atoms with Crippen LogP contribution >= 0.6 is 0 Å². The number of aryl methyl sites for hydroxylation is 1. The number of aromatic nitrogens is 1. The molecule has 0 saturated heterocycles. The zero-order chi connectivity index (χ0) is 18.5. The van der Waals surface area contributed by atoms with Gasteiger partial charge in [0.1, 0.15) is 11.4 Å².